The number of aromatic nitrogens is 1. The molecule has 2 atom stereocenters. The number of carbonyl (C=O) groups is 3. The minimum absolute atomic E-state index is 0.0230. The second-order valence-corrected chi connectivity index (χ2v) is 10.6. The van der Waals surface area contributed by atoms with Crippen molar-refractivity contribution in [3.63, 3.8) is 0 Å². The highest BCUT2D eigenvalue weighted by Gasteiger charge is 2.43. The third-order valence-corrected chi connectivity index (χ3v) is 8.04. The molecule has 0 unspecified atom stereocenters. The molecule has 1 spiro atoms. The number of ether oxygens (including phenoxy) is 2. The number of nitrogens with one attached hydrogen (secondary N) is 2. The molecule has 9 nitrogen and oxygen atoms in total. The van der Waals surface area contributed by atoms with Gasteiger partial charge in [0.15, 0.2) is 0 Å². The number of hydrogen-bond donors (Lipinski definition) is 2. The van der Waals surface area contributed by atoms with Crippen LogP contribution in [0.4, 0.5) is 0 Å². The molecule has 3 heterocycles. The van der Waals surface area contributed by atoms with Gasteiger partial charge in [0, 0.05) is 43.7 Å². The second kappa shape index (κ2) is 11.1. The molecule has 3 amide bonds. The molecule has 1 aromatic carbocycles. The first kappa shape index (κ1) is 27.0. The van der Waals surface area contributed by atoms with Gasteiger partial charge >= 0.3 is 0 Å². The lowest BCUT2D eigenvalue weighted by atomic mass is 9.73. The van der Waals surface area contributed by atoms with Gasteiger partial charge in [-0.2, -0.15) is 0 Å². The van der Waals surface area contributed by atoms with E-state index >= 15 is 0 Å². The van der Waals surface area contributed by atoms with Gasteiger partial charge < -0.3 is 29.6 Å². The number of carbonyl (C=O) groups excluding carboxylic acids is 3. The lowest BCUT2D eigenvalue weighted by molar-refractivity contribution is -0.137. The molecular weight excluding hydrogens is 472 g/mol. The molecule has 2 aromatic rings. The van der Waals surface area contributed by atoms with Crippen molar-refractivity contribution < 1.29 is 23.9 Å². The van der Waals surface area contributed by atoms with Crippen LogP contribution < -0.4 is 15.4 Å². The Balaban J connectivity index is 1.52. The lowest BCUT2D eigenvalue weighted by Gasteiger charge is -2.41. The Bertz CT molecular complexity index is 1170. The predicted octanol–water partition coefficient (Wildman–Crippen LogP) is 2.93. The van der Waals surface area contributed by atoms with Crippen LogP contribution >= 0.6 is 0 Å². The van der Waals surface area contributed by atoms with E-state index in [-0.39, 0.29) is 23.8 Å². The van der Waals surface area contributed by atoms with Gasteiger partial charge in [-0.25, -0.2) is 0 Å². The fraction of sp³-hybridized carbons (Fsp3) is 0.607. The van der Waals surface area contributed by atoms with Crippen LogP contribution in [0.3, 0.4) is 0 Å². The van der Waals surface area contributed by atoms with E-state index in [1.54, 1.807) is 14.0 Å². The summed E-state index contributed by atoms with van der Waals surface area (Å²) in [6, 6.07) is 5.09. The molecule has 1 aromatic heterocycles. The van der Waals surface area contributed by atoms with Gasteiger partial charge in [-0.05, 0) is 70.2 Å². The molecule has 37 heavy (non-hydrogen) atoms. The first-order chi connectivity index (χ1) is 17.7. The Morgan fingerprint density at radius 3 is 2.54 bits per heavy atom. The first-order valence-corrected chi connectivity index (χ1v) is 13.3. The molecule has 0 saturated carbocycles. The van der Waals surface area contributed by atoms with Gasteiger partial charge in [-0.3, -0.25) is 14.4 Å². The molecule has 2 aliphatic rings. The molecule has 202 valence electrons. The van der Waals surface area contributed by atoms with E-state index in [1.807, 2.05) is 48.6 Å². The normalized spacial score (nSPS) is 23.5. The second-order valence-electron chi connectivity index (χ2n) is 10.6. The zero-order valence-corrected chi connectivity index (χ0v) is 22.7. The number of amides is 3. The van der Waals surface area contributed by atoms with Crippen molar-refractivity contribution >= 4 is 28.6 Å². The Morgan fingerprint density at radius 1 is 1.11 bits per heavy atom. The fourth-order valence-electron chi connectivity index (χ4n) is 5.67. The van der Waals surface area contributed by atoms with Crippen molar-refractivity contribution in [3.05, 3.63) is 29.5 Å². The van der Waals surface area contributed by atoms with Crippen molar-refractivity contribution in [3.8, 4) is 5.75 Å². The molecule has 2 fully saturated rings. The zero-order valence-electron chi connectivity index (χ0n) is 22.7. The van der Waals surface area contributed by atoms with E-state index in [0.29, 0.717) is 51.3 Å². The summed E-state index contributed by atoms with van der Waals surface area (Å²) in [5, 5.41) is 6.86. The minimum Gasteiger partial charge on any atom is -0.497 e. The van der Waals surface area contributed by atoms with E-state index < -0.39 is 11.5 Å². The third-order valence-electron chi connectivity index (χ3n) is 8.04. The highest BCUT2D eigenvalue weighted by molar-refractivity contribution is 6.02. The van der Waals surface area contributed by atoms with E-state index in [2.05, 4.69) is 10.6 Å². The monoisotopic (exact) mass is 512 g/mol. The summed E-state index contributed by atoms with van der Waals surface area (Å²) in [6.45, 7) is 7.62. The summed E-state index contributed by atoms with van der Waals surface area (Å²) in [6.07, 6.45) is 3.54. The number of fused-ring (bicyclic) bond motifs is 1. The predicted molar refractivity (Wildman–Crippen MR) is 142 cm³/mol. The number of hydrogen-bond acceptors (Lipinski definition) is 5. The molecule has 0 bridgehead atoms. The quantitative estimate of drug-likeness (QED) is 0.644. The molecule has 2 saturated heterocycles. The lowest BCUT2D eigenvalue weighted by Crippen LogP contribution is -2.55. The Labute approximate surface area is 218 Å². The number of rotatable bonds is 2. The minimum atomic E-state index is -0.636. The van der Waals surface area contributed by atoms with Crippen molar-refractivity contribution in [1.29, 1.82) is 0 Å². The van der Waals surface area contributed by atoms with Crippen molar-refractivity contribution in [1.82, 2.24) is 20.1 Å². The number of piperidine rings is 1. The van der Waals surface area contributed by atoms with Crippen LogP contribution in [0.1, 0.15) is 62.0 Å². The van der Waals surface area contributed by atoms with Crippen LogP contribution in [0.5, 0.6) is 5.75 Å². The average Bonchev–Trinajstić information content (AvgIpc) is 3.14. The van der Waals surface area contributed by atoms with Crippen LogP contribution in [0, 0.1) is 12.3 Å². The van der Waals surface area contributed by atoms with Crippen LogP contribution in [-0.4, -0.2) is 72.7 Å². The number of likely N-dealkylation sites (tertiary alicyclic amines) is 1. The van der Waals surface area contributed by atoms with Crippen LogP contribution in [0.25, 0.3) is 10.9 Å². The summed E-state index contributed by atoms with van der Waals surface area (Å²) in [5.41, 5.74) is 1.96. The Morgan fingerprint density at radius 2 is 1.84 bits per heavy atom. The van der Waals surface area contributed by atoms with Crippen LogP contribution in [0.2, 0.25) is 0 Å². The molecule has 2 N–H and O–H groups in total. The van der Waals surface area contributed by atoms with Gasteiger partial charge in [0.2, 0.25) is 11.8 Å². The fourth-order valence-corrected chi connectivity index (χ4v) is 5.67. The maximum atomic E-state index is 13.7. The van der Waals surface area contributed by atoms with Crippen molar-refractivity contribution in [2.45, 2.75) is 65.0 Å². The van der Waals surface area contributed by atoms with Gasteiger partial charge in [0.05, 0.1) is 19.1 Å². The third kappa shape index (κ3) is 5.46. The number of aryl methyl sites for hydroxylation is 2. The maximum Gasteiger partial charge on any atom is 0.270 e. The van der Waals surface area contributed by atoms with E-state index in [0.717, 1.165) is 35.1 Å². The summed E-state index contributed by atoms with van der Waals surface area (Å²) in [4.78, 5) is 41.6. The molecule has 2 aliphatic heterocycles. The SMILES string of the molecule is COc1ccc2c(c1)c(C)c(C(=O)N1CCC3(CCCCOC[C@H](C)NC(=O)[C@H](C)NC3=O)CC1)n2C. The van der Waals surface area contributed by atoms with Crippen LogP contribution in [-0.2, 0) is 21.4 Å². The average molecular weight is 513 g/mol. The van der Waals surface area contributed by atoms with Crippen molar-refractivity contribution in [2.75, 3.05) is 33.4 Å². The summed E-state index contributed by atoms with van der Waals surface area (Å²) >= 11 is 0. The van der Waals surface area contributed by atoms with E-state index in [1.165, 1.54) is 0 Å². The van der Waals surface area contributed by atoms with Gasteiger partial charge in [0.25, 0.3) is 5.91 Å². The van der Waals surface area contributed by atoms with Gasteiger partial charge in [0.1, 0.15) is 17.5 Å². The van der Waals surface area contributed by atoms with Crippen LogP contribution in [0.15, 0.2) is 18.2 Å². The Hall–Kier alpha value is -3.07. The highest BCUT2D eigenvalue weighted by Crippen LogP contribution is 2.38. The molecule has 9 heteroatoms. The van der Waals surface area contributed by atoms with E-state index in [4.69, 9.17) is 9.47 Å². The number of benzene rings is 1. The number of methoxy groups -OCH3 is 1. The van der Waals surface area contributed by atoms with Gasteiger partial charge in [-0.1, -0.05) is 6.42 Å². The van der Waals surface area contributed by atoms with Crippen molar-refractivity contribution in [2.24, 2.45) is 12.5 Å². The summed E-state index contributed by atoms with van der Waals surface area (Å²) < 4.78 is 13.0. The maximum absolute atomic E-state index is 13.7. The highest BCUT2D eigenvalue weighted by atomic mass is 16.5. The molecule has 0 radical (unpaired) electrons. The number of nitrogens with zero attached hydrogens (tertiary/aromatic N) is 2. The zero-order chi connectivity index (χ0) is 26.7. The first-order valence-electron chi connectivity index (χ1n) is 13.3. The molecule has 4 rings (SSSR count). The Kier molecular flexibility index (Phi) is 8.11. The van der Waals surface area contributed by atoms with Gasteiger partial charge in [-0.15, -0.1) is 0 Å². The standard InChI is InChI=1S/C28H40N4O5/c1-18-17-37-15-7-6-10-28(27(35)30-20(3)25(33)29-18)11-13-32(14-12-28)26(34)24-19(2)22-16-21(36-5)8-9-23(22)31(24)4/h8-9,16,18,20H,6-7,10-15,17H2,1-5H3,(H,29,33)(H,30,35)/t18-,20-/m0/s1. The summed E-state index contributed by atoms with van der Waals surface area (Å²) in [5.74, 6) is 0.426. The largest absolute Gasteiger partial charge is 0.497 e. The smallest absolute Gasteiger partial charge is 0.270 e. The summed E-state index contributed by atoms with van der Waals surface area (Å²) in [7, 11) is 3.55. The molecule has 0 aliphatic carbocycles. The topological polar surface area (TPSA) is 102 Å². The van der Waals surface area contributed by atoms with E-state index in [9.17, 15) is 14.4 Å². The molecular formula is C28H40N4O5.